The Hall–Kier alpha value is -0.0800. The van der Waals surface area contributed by atoms with E-state index in [0.29, 0.717) is 6.23 Å². The lowest BCUT2D eigenvalue weighted by atomic mass is 10.1. The highest BCUT2D eigenvalue weighted by atomic mass is 16.3. The van der Waals surface area contributed by atoms with Crippen LogP contribution in [-0.4, -0.2) is 23.1 Å². The molecule has 1 N–H and O–H groups in total. The van der Waals surface area contributed by atoms with Crippen LogP contribution in [0.2, 0.25) is 0 Å². The van der Waals surface area contributed by atoms with Crippen molar-refractivity contribution in [2.75, 3.05) is 13.1 Å². The Morgan fingerprint density at radius 3 is 2.40 bits per heavy atom. The van der Waals surface area contributed by atoms with Crippen LogP contribution in [0.15, 0.2) is 0 Å². The maximum absolute atomic E-state index is 9.33. The SMILES string of the molecule is CC[C](O)N1CCCCC1. The van der Waals surface area contributed by atoms with Crippen LogP contribution in [-0.2, 0) is 0 Å². The first-order valence-electron chi connectivity index (χ1n) is 4.14. The summed E-state index contributed by atoms with van der Waals surface area (Å²) in [5.41, 5.74) is 0. The first-order chi connectivity index (χ1) is 4.84. The molecule has 2 nitrogen and oxygen atoms in total. The Balaban J connectivity index is 2.24. The van der Waals surface area contributed by atoms with E-state index in [2.05, 4.69) is 4.90 Å². The van der Waals surface area contributed by atoms with E-state index in [4.69, 9.17) is 0 Å². The Morgan fingerprint density at radius 2 is 1.90 bits per heavy atom. The molecule has 0 aromatic heterocycles. The second-order valence-electron chi connectivity index (χ2n) is 2.82. The first-order valence-corrected chi connectivity index (χ1v) is 4.14. The highest BCUT2D eigenvalue weighted by Crippen LogP contribution is 2.16. The topological polar surface area (TPSA) is 23.5 Å². The van der Waals surface area contributed by atoms with Crippen LogP contribution in [0.25, 0.3) is 0 Å². The number of rotatable bonds is 2. The molecule has 0 saturated carbocycles. The van der Waals surface area contributed by atoms with Crippen molar-refractivity contribution >= 4 is 0 Å². The molecule has 0 aliphatic carbocycles. The van der Waals surface area contributed by atoms with E-state index in [1.807, 2.05) is 6.92 Å². The monoisotopic (exact) mass is 142 g/mol. The first kappa shape index (κ1) is 8.02. The molecule has 0 bridgehead atoms. The van der Waals surface area contributed by atoms with E-state index in [1.54, 1.807) is 0 Å². The van der Waals surface area contributed by atoms with Crippen molar-refractivity contribution in [3.8, 4) is 0 Å². The summed E-state index contributed by atoms with van der Waals surface area (Å²) in [6, 6.07) is 0. The number of aliphatic hydroxyl groups excluding tert-OH is 1. The van der Waals surface area contributed by atoms with Gasteiger partial charge in [0, 0.05) is 13.1 Å². The molecule has 1 radical (unpaired) electrons. The van der Waals surface area contributed by atoms with Crippen molar-refractivity contribution in [2.24, 2.45) is 0 Å². The van der Waals surface area contributed by atoms with E-state index >= 15 is 0 Å². The fourth-order valence-corrected chi connectivity index (χ4v) is 1.38. The van der Waals surface area contributed by atoms with Crippen molar-refractivity contribution in [2.45, 2.75) is 32.6 Å². The molecular weight excluding hydrogens is 126 g/mol. The summed E-state index contributed by atoms with van der Waals surface area (Å²) in [5, 5.41) is 9.33. The molecule has 1 rings (SSSR count). The number of piperidine rings is 1. The van der Waals surface area contributed by atoms with Crippen LogP contribution in [0.1, 0.15) is 32.6 Å². The minimum absolute atomic E-state index is 0.569. The summed E-state index contributed by atoms with van der Waals surface area (Å²) in [4.78, 5) is 2.09. The van der Waals surface area contributed by atoms with Crippen molar-refractivity contribution in [1.29, 1.82) is 0 Å². The molecule has 0 spiro atoms. The normalized spacial score (nSPS) is 21.9. The van der Waals surface area contributed by atoms with Gasteiger partial charge >= 0.3 is 0 Å². The average molecular weight is 142 g/mol. The van der Waals surface area contributed by atoms with Crippen molar-refractivity contribution < 1.29 is 5.11 Å². The molecule has 0 atom stereocenters. The molecule has 10 heavy (non-hydrogen) atoms. The number of likely N-dealkylation sites (tertiary alicyclic amines) is 1. The van der Waals surface area contributed by atoms with Crippen LogP contribution in [0.5, 0.6) is 0 Å². The molecule has 0 aromatic rings. The van der Waals surface area contributed by atoms with E-state index in [9.17, 15) is 5.11 Å². The molecule has 1 fully saturated rings. The number of hydrogen-bond donors (Lipinski definition) is 1. The molecule has 2 heteroatoms. The van der Waals surface area contributed by atoms with Crippen molar-refractivity contribution in [3.63, 3.8) is 0 Å². The average Bonchev–Trinajstić information content (AvgIpc) is 2.05. The highest BCUT2D eigenvalue weighted by Gasteiger charge is 2.16. The maximum atomic E-state index is 9.33. The lowest BCUT2D eigenvalue weighted by Gasteiger charge is -2.29. The smallest absolute Gasteiger partial charge is 0.161 e. The summed E-state index contributed by atoms with van der Waals surface area (Å²) in [6.45, 7) is 4.10. The third kappa shape index (κ3) is 1.96. The summed E-state index contributed by atoms with van der Waals surface area (Å²) in [5.74, 6) is 0. The van der Waals surface area contributed by atoms with Gasteiger partial charge in [-0.15, -0.1) is 0 Å². The molecule has 1 heterocycles. The van der Waals surface area contributed by atoms with Gasteiger partial charge in [0.1, 0.15) is 0 Å². The number of hydrogen-bond acceptors (Lipinski definition) is 2. The van der Waals surface area contributed by atoms with E-state index in [0.717, 1.165) is 19.5 Å². The van der Waals surface area contributed by atoms with Crippen LogP contribution in [0.3, 0.4) is 0 Å². The summed E-state index contributed by atoms with van der Waals surface area (Å²) in [7, 11) is 0. The second-order valence-corrected chi connectivity index (χ2v) is 2.82. The summed E-state index contributed by atoms with van der Waals surface area (Å²) in [6.07, 6.45) is 5.15. The zero-order valence-electron chi connectivity index (χ0n) is 6.64. The second kappa shape index (κ2) is 3.94. The lowest BCUT2D eigenvalue weighted by molar-refractivity contribution is 0.0881. The van der Waals surface area contributed by atoms with Gasteiger partial charge in [-0.25, -0.2) is 0 Å². The van der Waals surface area contributed by atoms with Crippen molar-refractivity contribution in [3.05, 3.63) is 6.23 Å². The predicted octanol–water partition coefficient (Wildman–Crippen LogP) is 1.74. The molecular formula is C8H16NO. The van der Waals surface area contributed by atoms with Gasteiger partial charge in [0.05, 0.1) is 0 Å². The number of aliphatic hydroxyl groups is 1. The Labute approximate surface area is 62.8 Å². The van der Waals surface area contributed by atoms with Crippen LogP contribution >= 0.6 is 0 Å². The minimum atomic E-state index is 0.569. The maximum Gasteiger partial charge on any atom is 0.161 e. The highest BCUT2D eigenvalue weighted by molar-refractivity contribution is 4.77. The van der Waals surface area contributed by atoms with Crippen LogP contribution in [0.4, 0.5) is 0 Å². The standard InChI is InChI=1S/C8H16NO/c1-2-8(10)9-6-4-3-5-7-9/h10H,2-7H2,1H3. The van der Waals surface area contributed by atoms with Crippen LogP contribution in [0, 0.1) is 6.23 Å². The van der Waals surface area contributed by atoms with Gasteiger partial charge in [-0.2, -0.15) is 0 Å². The predicted molar refractivity (Wildman–Crippen MR) is 40.9 cm³/mol. The van der Waals surface area contributed by atoms with Gasteiger partial charge in [-0.05, 0) is 19.3 Å². The molecule has 1 saturated heterocycles. The quantitative estimate of drug-likeness (QED) is 0.635. The van der Waals surface area contributed by atoms with Gasteiger partial charge in [-0.3, -0.25) is 4.90 Å². The zero-order chi connectivity index (χ0) is 7.40. The van der Waals surface area contributed by atoms with E-state index in [-0.39, 0.29) is 0 Å². The molecule has 1 aliphatic rings. The van der Waals surface area contributed by atoms with Crippen LogP contribution < -0.4 is 0 Å². The lowest BCUT2D eigenvalue weighted by Crippen LogP contribution is -2.33. The third-order valence-corrected chi connectivity index (χ3v) is 2.04. The summed E-state index contributed by atoms with van der Waals surface area (Å²) >= 11 is 0. The molecule has 0 unspecified atom stereocenters. The fraction of sp³-hybridized carbons (Fsp3) is 0.875. The van der Waals surface area contributed by atoms with Crippen molar-refractivity contribution in [1.82, 2.24) is 4.90 Å². The molecule has 0 aromatic carbocycles. The Kier molecular flexibility index (Phi) is 3.16. The third-order valence-electron chi connectivity index (χ3n) is 2.04. The minimum Gasteiger partial charge on any atom is -0.371 e. The van der Waals surface area contributed by atoms with Gasteiger partial charge in [0.25, 0.3) is 0 Å². The van der Waals surface area contributed by atoms with E-state index < -0.39 is 0 Å². The molecule has 1 aliphatic heterocycles. The van der Waals surface area contributed by atoms with Gasteiger partial charge < -0.3 is 5.11 Å². The number of nitrogens with zero attached hydrogens (tertiary/aromatic N) is 1. The van der Waals surface area contributed by atoms with Gasteiger partial charge in [0.15, 0.2) is 6.23 Å². The Bertz CT molecular complexity index is 89.3. The zero-order valence-corrected chi connectivity index (χ0v) is 6.64. The van der Waals surface area contributed by atoms with Gasteiger partial charge in [-0.1, -0.05) is 13.3 Å². The molecule has 59 valence electrons. The largest absolute Gasteiger partial charge is 0.371 e. The Morgan fingerprint density at radius 1 is 1.30 bits per heavy atom. The van der Waals surface area contributed by atoms with E-state index in [1.165, 1.54) is 19.3 Å². The fourth-order valence-electron chi connectivity index (χ4n) is 1.38. The van der Waals surface area contributed by atoms with Gasteiger partial charge in [0.2, 0.25) is 0 Å². The summed E-state index contributed by atoms with van der Waals surface area (Å²) < 4.78 is 0. The molecule has 0 amide bonds.